The molecule has 1 fully saturated rings. The van der Waals surface area contributed by atoms with Crippen LogP contribution in [0.2, 0.25) is 0 Å². The monoisotopic (exact) mass is 218 g/mol. The van der Waals surface area contributed by atoms with Crippen LogP contribution in [0.5, 0.6) is 0 Å². The summed E-state index contributed by atoms with van der Waals surface area (Å²) in [5.74, 6) is 0. The predicted molar refractivity (Wildman–Crippen MR) is 68.3 cm³/mol. The van der Waals surface area contributed by atoms with Crippen LogP contribution in [0.4, 0.5) is 0 Å². The highest BCUT2D eigenvalue weighted by atomic mass is 15.1. The fraction of sp³-hybridized carbons (Fsp3) is 0.571. The second-order valence-corrected chi connectivity index (χ2v) is 5.12. The normalized spacial score (nSPS) is 21.6. The molecule has 0 bridgehead atoms. The first kappa shape index (κ1) is 11.6. The molecule has 1 aliphatic rings. The van der Waals surface area contributed by atoms with E-state index in [9.17, 15) is 0 Å². The highest BCUT2D eigenvalue weighted by Gasteiger charge is 2.24. The first-order valence-electron chi connectivity index (χ1n) is 6.25. The molecule has 1 heterocycles. The molecule has 88 valence electrons. The lowest BCUT2D eigenvalue weighted by atomic mass is 9.92. The van der Waals surface area contributed by atoms with Gasteiger partial charge in [-0.1, -0.05) is 36.8 Å². The first-order valence-corrected chi connectivity index (χ1v) is 6.25. The van der Waals surface area contributed by atoms with Gasteiger partial charge >= 0.3 is 0 Å². The molecule has 0 saturated carbocycles. The molecule has 0 amide bonds. The molecule has 1 aliphatic heterocycles. The van der Waals surface area contributed by atoms with Crippen LogP contribution in [0.3, 0.4) is 0 Å². The van der Waals surface area contributed by atoms with Gasteiger partial charge in [0.1, 0.15) is 0 Å². The van der Waals surface area contributed by atoms with E-state index in [1.54, 1.807) is 0 Å². The Morgan fingerprint density at radius 2 is 1.75 bits per heavy atom. The van der Waals surface area contributed by atoms with Crippen molar-refractivity contribution in [1.29, 1.82) is 0 Å². The number of benzene rings is 1. The topological polar surface area (TPSA) is 29.3 Å². The van der Waals surface area contributed by atoms with E-state index in [0.717, 1.165) is 6.54 Å². The van der Waals surface area contributed by atoms with Crippen LogP contribution < -0.4 is 5.73 Å². The van der Waals surface area contributed by atoms with Crippen molar-refractivity contribution in [3.05, 3.63) is 35.9 Å². The van der Waals surface area contributed by atoms with Crippen molar-refractivity contribution < 1.29 is 0 Å². The molecule has 0 spiro atoms. The Hall–Kier alpha value is -0.860. The average molecular weight is 218 g/mol. The van der Waals surface area contributed by atoms with Gasteiger partial charge in [0, 0.05) is 6.54 Å². The molecular weight excluding hydrogens is 196 g/mol. The van der Waals surface area contributed by atoms with Crippen LogP contribution in [0.1, 0.15) is 31.7 Å². The molecule has 2 heteroatoms. The maximum Gasteiger partial charge on any atom is 0.0509 e. The van der Waals surface area contributed by atoms with Gasteiger partial charge in [-0.3, -0.25) is 0 Å². The Bertz CT molecular complexity index is 313. The maximum atomic E-state index is 6.43. The van der Waals surface area contributed by atoms with Crippen molar-refractivity contribution in [2.45, 2.75) is 31.7 Å². The standard InChI is InChI=1S/C14H22N2/c1-14(15,13-8-4-2-5-9-13)12-16-10-6-3-7-11-16/h2,4-5,8-9H,3,6-7,10-12,15H2,1H3/t14-/m1/s1. The number of nitrogens with two attached hydrogens (primary N) is 1. The van der Waals surface area contributed by atoms with Gasteiger partial charge in [-0.15, -0.1) is 0 Å². The molecule has 1 atom stereocenters. The van der Waals surface area contributed by atoms with Gasteiger partial charge in [0.15, 0.2) is 0 Å². The molecular formula is C14H22N2. The minimum Gasteiger partial charge on any atom is -0.321 e. The minimum absolute atomic E-state index is 0.224. The Morgan fingerprint density at radius 1 is 1.12 bits per heavy atom. The molecule has 2 N–H and O–H groups in total. The Morgan fingerprint density at radius 3 is 2.38 bits per heavy atom. The largest absolute Gasteiger partial charge is 0.321 e. The number of hydrogen-bond acceptors (Lipinski definition) is 2. The van der Waals surface area contributed by atoms with Crippen LogP contribution in [0.25, 0.3) is 0 Å². The van der Waals surface area contributed by atoms with Gasteiger partial charge < -0.3 is 10.6 Å². The fourth-order valence-electron chi connectivity index (χ4n) is 2.49. The fourth-order valence-corrected chi connectivity index (χ4v) is 2.49. The zero-order chi connectivity index (χ0) is 11.4. The van der Waals surface area contributed by atoms with E-state index >= 15 is 0 Å². The second kappa shape index (κ2) is 4.98. The highest BCUT2D eigenvalue weighted by molar-refractivity contribution is 5.23. The van der Waals surface area contributed by atoms with E-state index < -0.39 is 0 Å². The van der Waals surface area contributed by atoms with E-state index in [1.165, 1.54) is 37.9 Å². The number of piperidine rings is 1. The molecule has 0 aromatic heterocycles. The second-order valence-electron chi connectivity index (χ2n) is 5.12. The van der Waals surface area contributed by atoms with Crippen LogP contribution in [-0.2, 0) is 5.54 Å². The highest BCUT2D eigenvalue weighted by Crippen LogP contribution is 2.20. The van der Waals surface area contributed by atoms with Crippen molar-refractivity contribution in [2.24, 2.45) is 5.73 Å². The lowest BCUT2D eigenvalue weighted by Gasteiger charge is -2.35. The summed E-state index contributed by atoms with van der Waals surface area (Å²) < 4.78 is 0. The lowest BCUT2D eigenvalue weighted by molar-refractivity contribution is 0.185. The summed E-state index contributed by atoms with van der Waals surface area (Å²) in [5.41, 5.74) is 7.44. The molecule has 0 unspecified atom stereocenters. The summed E-state index contributed by atoms with van der Waals surface area (Å²) >= 11 is 0. The minimum atomic E-state index is -0.224. The SMILES string of the molecule is C[C@@](N)(CN1CCCCC1)c1ccccc1. The smallest absolute Gasteiger partial charge is 0.0509 e. The summed E-state index contributed by atoms with van der Waals surface area (Å²) in [5, 5.41) is 0. The number of likely N-dealkylation sites (tertiary alicyclic amines) is 1. The zero-order valence-electron chi connectivity index (χ0n) is 10.2. The van der Waals surface area contributed by atoms with E-state index in [1.807, 2.05) is 6.07 Å². The molecule has 0 radical (unpaired) electrons. The third-order valence-electron chi connectivity index (χ3n) is 3.43. The van der Waals surface area contributed by atoms with E-state index in [4.69, 9.17) is 5.73 Å². The predicted octanol–water partition coefficient (Wildman–Crippen LogP) is 2.35. The van der Waals surface area contributed by atoms with Gasteiger partial charge in [0.2, 0.25) is 0 Å². The average Bonchev–Trinajstić information content (AvgIpc) is 2.31. The van der Waals surface area contributed by atoms with E-state index in [0.29, 0.717) is 0 Å². The van der Waals surface area contributed by atoms with Crippen LogP contribution >= 0.6 is 0 Å². The Kier molecular flexibility index (Phi) is 3.62. The van der Waals surface area contributed by atoms with Crippen molar-refractivity contribution in [1.82, 2.24) is 4.90 Å². The van der Waals surface area contributed by atoms with Gasteiger partial charge in [-0.05, 0) is 38.4 Å². The summed E-state index contributed by atoms with van der Waals surface area (Å²) in [6.45, 7) is 5.52. The molecule has 1 aromatic carbocycles. The molecule has 16 heavy (non-hydrogen) atoms. The summed E-state index contributed by atoms with van der Waals surface area (Å²) in [7, 11) is 0. The molecule has 2 rings (SSSR count). The first-order chi connectivity index (χ1) is 7.68. The van der Waals surface area contributed by atoms with Crippen molar-refractivity contribution >= 4 is 0 Å². The maximum absolute atomic E-state index is 6.43. The summed E-state index contributed by atoms with van der Waals surface area (Å²) in [6.07, 6.45) is 4.03. The molecule has 2 nitrogen and oxygen atoms in total. The van der Waals surface area contributed by atoms with E-state index in [2.05, 4.69) is 36.1 Å². The van der Waals surface area contributed by atoms with Crippen LogP contribution in [0.15, 0.2) is 30.3 Å². The Labute approximate surface area is 98.4 Å². The molecule has 1 aromatic rings. The van der Waals surface area contributed by atoms with Gasteiger partial charge in [0.05, 0.1) is 5.54 Å². The third-order valence-corrected chi connectivity index (χ3v) is 3.43. The van der Waals surface area contributed by atoms with Crippen molar-refractivity contribution in [2.75, 3.05) is 19.6 Å². The van der Waals surface area contributed by atoms with E-state index in [-0.39, 0.29) is 5.54 Å². The zero-order valence-corrected chi connectivity index (χ0v) is 10.2. The number of hydrogen-bond donors (Lipinski definition) is 1. The third kappa shape index (κ3) is 2.83. The van der Waals surface area contributed by atoms with Crippen LogP contribution in [-0.4, -0.2) is 24.5 Å². The Balaban J connectivity index is 2.01. The van der Waals surface area contributed by atoms with Gasteiger partial charge in [-0.2, -0.15) is 0 Å². The molecule has 1 saturated heterocycles. The summed E-state index contributed by atoms with van der Waals surface area (Å²) in [6, 6.07) is 10.4. The lowest BCUT2D eigenvalue weighted by Crippen LogP contribution is -2.46. The van der Waals surface area contributed by atoms with Crippen molar-refractivity contribution in [3.8, 4) is 0 Å². The van der Waals surface area contributed by atoms with Crippen molar-refractivity contribution in [3.63, 3.8) is 0 Å². The van der Waals surface area contributed by atoms with Gasteiger partial charge in [-0.25, -0.2) is 0 Å². The molecule has 0 aliphatic carbocycles. The van der Waals surface area contributed by atoms with Crippen LogP contribution in [0, 0.1) is 0 Å². The van der Waals surface area contributed by atoms with Gasteiger partial charge in [0.25, 0.3) is 0 Å². The summed E-state index contributed by atoms with van der Waals surface area (Å²) in [4.78, 5) is 2.50. The quantitative estimate of drug-likeness (QED) is 0.844. The number of nitrogens with zero attached hydrogens (tertiary/aromatic N) is 1. The number of rotatable bonds is 3.